The molecule has 1 heterocycles. The van der Waals surface area contributed by atoms with E-state index in [0.717, 1.165) is 6.42 Å². The molecule has 1 nitrogen and oxygen atoms in total. The molecule has 0 aromatic heterocycles. The molecule has 0 aromatic rings. The highest BCUT2D eigenvalue weighted by atomic mass is 35.5. The summed E-state index contributed by atoms with van der Waals surface area (Å²) in [5, 5.41) is 0. The molecule has 0 spiro atoms. The van der Waals surface area contributed by atoms with Crippen LogP contribution in [0.25, 0.3) is 0 Å². The number of quaternary nitrogens is 1. The molecule has 0 bridgehead atoms. The summed E-state index contributed by atoms with van der Waals surface area (Å²) < 4.78 is -0.352. The van der Waals surface area contributed by atoms with Crippen LogP contribution in [0, 0.1) is 5.92 Å². The molecule has 2 aliphatic rings. The number of likely N-dealkylation sites (tertiary alicyclic amines) is 1. The van der Waals surface area contributed by atoms with Gasteiger partial charge in [0.25, 0.3) is 0 Å². The van der Waals surface area contributed by atoms with E-state index in [1.165, 1.54) is 32.5 Å². The fourth-order valence-corrected chi connectivity index (χ4v) is 2.45. The van der Waals surface area contributed by atoms with E-state index in [2.05, 4.69) is 0 Å². The molecule has 64 valence electrons. The highest BCUT2D eigenvalue weighted by Gasteiger charge is 2.53. The van der Waals surface area contributed by atoms with Crippen molar-refractivity contribution in [3.63, 3.8) is 0 Å². The van der Waals surface area contributed by atoms with E-state index in [1.54, 1.807) is 4.90 Å². The van der Waals surface area contributed by atoms with E-state index in [0.29, 0.717) is 5.92 Å². The molecule has 0 amide bonds. The highest BCUT2D eigenvalue weighted by molar-refractivity contribution is 6.50. The first kappa shape index (κ1) is 8.15. The molecule has 11 heavy (non-hydrogen) atoms. The van der Waals surface area contributed by atoms with Gasteiger partial charge in [-0.3, -0.25) is 0 Å². The topological polar surface area (TPSA) is 4.44 Å². The molecular weight excluding hydrogens is 181 g/mol. The van der Waals surface area contributed by atoms with Crippen LogP contribution >= 0.6 is 23.2 Å². The van der Waals surface area contributed by atoms with Crippen molar-refractivity contribution in [2.75, 3.05) is 19.6 Å². The summed E-state index contributed by atoms with van der Waals surface area (Å²) >= 11 is 11.9. The molecule has 1 aliphatic heterocycles. The van der Waals surface area contributed by atoms with Crippen LogP contribution in [-0.2, 0) is 0 Å². The van der Waals surface area contributed by atoms with Gasteiger partial charge < -0.3 is 4.90 Å². The summed E-state index contributed by atoms with van der Waals surface area (Å²) in [6.45, 7) is 3.87. The standard InChI is InChI=1S/C8H13Cl2N/c9-8(10)5-7(8)6-11-3-1-2-4-11/h7H,1-6H2/p+1/t7-/m1/s1. The van der Waals surface area contributed by atoms with Gasteiger partial charge in [-0.25, -0.2) is 0 Å². The van der Waals surface area contributed by atoms with E-state index in [4.69, 9.17) is 23.2 Å². The second-order valence-electron chi connectivity index (χ2n) is 3.82. The Hall–Kier alpha value is 0.540. The quantitative estimate of drug-likeness (QED) is 0.623. The Bertz CT molecular complexity index is 149. The van der Waals surface area contributed by atoms with Gasteiger partial charge in [-0.2, -0.15) is 0 Å². The Morgan fingerprint density at radius 1 is 1.27 bits per heavy atom. The van der Waals surface area contributed by atoms with Gasteiger partial charge in [-0.05, 0) is 6.42 Å². The predicted octanol–water partition coefficient (Wildman–Crippen LogP) is 0.859. The predicted molar refractivity (Wildman–Crippen MR) is 47.3 cm³/mol. The van der Waals surface area contributed by atoms with Crippen molar-refractivity contribution in [1.29, 1.82) is 0 Å². The van der Waals surface area contributed by atoms with Crippen LogP contribution in [0.1, 0.15) is 19.3 Å². The van der Waals surface area contributed by atoms with Crippen LogP contribution in [0.5, 0.6) is 0 Å². The Morgan fingerprint density at radius 2 is 1.82 bits per heavy atom. The minimum absolute atomic E-state index is 0.352. The number of alkyl halides is 2. The Labute approximate surface area is 77.6 Å². The van der Waals surface area contributed by atoms with Crippen LogP contribution in [0.3, 0.4) is 0 Å². The van der Waals surface area contributed by atoms with Crippen molar-refractivity contribution in [3.8, 4) is 0 Å². The lowest BCUT2D eigenvalue weighted by molar-refractivity contribution is -0.889. The van der Waals surface area contributed by atoms with E-state index in [9.17, 15) is 0 Å². The zero-order valence-electron chi connectivity index (χ0n) is 6.58. The minimum Gasteiger partial charge on any atom is -0.335 e. The van der Waals surface area contributed by atoms with Crippen molar-refractivity contribution >= 4 is 23.2 Å². The van der Waals surface area contributed by atoms with Gasteiger partial charge in [0.1, 0.15) is 4.33 Å². The van der Waals surface area contributed by atoms with Crippen molar-refractivity contribution < 1.29 is 4.90 Å². The number of hydrogen-bond acceptors (Lipinski definition) is 0. The third-order valence-corrected chi connectivity index (χ3v) is 3.73. The molecule has 0 aromatic carbocycles. The summed E-state index contributed by atoms with van der Waals surface area (Å²) in [7, 11) is 0. The molecule has 1 saturated carbocycles. The minimum atomic E-state index is -0.352. The van der Waals surface area contributed by atoms with Gasteiger partial charge in [-0.1, -0.05) is 0 Å². The number of hydrogen-bond donors (Lipinski definition) is 1. The maximum atomic E-state index is 5.94. The van der Waals surface area contributed by atoms with Crippen LogP contribution in [-0.4, -0.2) is 24.0 Å². The molecule has 0 radical (unpaired) electrons. The number of nitrogens with one attached hydrogen (secondary N) is 1. The Kier molecular flexibility index (Phi) is 2.07. The number of halogens is 2. The lowest BCUT2D eigenvalue weighted by atomic mass is 10.4. The van der Waals surface area contributed by atoms with Crippen LogP contribution < -0.4 is 4.90 Å². The number of rotatable bonds is 2. The molecule has 2 fully saturated rings. The molecule has 1 atom stereocenters. The highest BCUT2D eigenvalue weighted by Crippen LogP contribution is 2.52. The lowest BCUT2D eigenvalue weighted by Crippen LogP contribution is -3.10. The van der Waals surface area contributed by atoms with E-state index < -0.39 is 0 Å². The van der Waals surface area contributed by atoms with E-state index >= 15 is 0 Å². The van der Waals surface area contributed by atoms with Gasteiger partial charge >= 0.3 is 0 Å². The largest absolute Gasteiger partial charge is 0.335 e. The van der Waals surface area contributed by atoms with Crippen LogP contribution in [0.2, 0.25) is 0 Å². The first-order valence-electron chi connectivity index (χ1n) is 4.40. The van der Waals surface area contributed by atoms with E-state index in [-0.39, 0.29) is 4.33 Å². The summed E-state index contributed by atoms with van der Waals surface area (Å²) in [6, 6.07) is 0. The van der Waals surface area contributed by atoms with Gasteiger partial charge in [0.15, 0.2) is 0 Å². The molecule has 2 rings (SSSR count). The van der Waals surface area contributed by atoms with Crippen molar-refractivity contribution in [3.05, 3.63) is 0 Å². The average molecular weight is 195 g/mol. The first-order chi connectivity index (χ1) is 5.18. The second-order valence-corrected chi connectivity index (χ2v) is 5.37. The fourth-order valence-electron chi connectivity index (χ4n) is 1.92. The molecular formula is C8H14Cl2N+. The summed E-state index contributed by atoms with van der Waals surface area (Å²) in [5.74, 6) is 0.582. The van der Waals surface area contributed by atoms with Crippen molar-refractivity contribution in [1.82, 2.24) is 0 Å². The van der Waals surface area contributed by atoms with Crippen molar-refractivity contribution in [2.24, 2.45) is 5.92 Å². The molecule has 0 unspecified atom stereocenters. The zero-order chi connectivity index (χ0) is 7.90. The smallest absolute Gasteiger partial charge is 0.127 e. The monoisotopic (exact) mass is 194 g/mol. The van der Waals surface area contributed by atoms with E-state index in [1.807, 2.05) is 0 Å². The molecule has 1 aliphatic carbocycles. The third kappa shape index (κ3) is 1.82. The average Bonchev–Trinajstić information content (AvgIpc) is 2.42. The van der Waals surface area contributed by atoms with Crippen molar-refractivity contribution in [2.45, 2.75) is 23.6 Å². The molecule has 3 heteroatoms. The van der Waals surface area contributed by atoms with Gasteiger partial charge in [0, 0.05) is 18.8 Å². The maximum absolute atomic E-state index is 5.94. The Balaban J connectivity index is 1.75. The third-order valence-electron chi connectivity index (χ3n) is 2.80. The van der Waals surface area contributed by atoms with Gasteiger partial charge in [0.2, 0.25) is 0 Å². The second kappa shape index (κ2) is 2.79. The van der Waals surface area contributed by atoms with Crippen LogP contribution in [0.15, 0.2) is 0 Å². The first-order valence-corrected chi connectivity index (χ1v) is 5.15. The SMILES string of the molecule is ClC1(Cl)C[C@@H]1C[NH+]1CCCC1. The van der Waals surface area contributed by atoms with Crippen LogP contribution in [0.4, 0.5) is 0 Å². The summed E-state index contributed by atoms with van der Waals surface area (Å²) in [5.41, 5.74) is 0. The Morgan fingerprint density at radius 3 is 2.27 bits per heavy atom. The summed E-state index contributed by atoms with van der Waals surface area (Å²) in [6.07, 6.45) is 3.79. The van der Waals surface area contributed by atoms with Gasteiger partial charge in [-0.15, -0.1) is 23.2 Å². The summed E-state index contributed by atoms with van der Waals surface area (Å²) in [4.78, 5) is 1.71. The zero-order valence-corrected chi connectivity index (χ0v) is 8.09. The molecule has 1 saturated heterocycles. The molecule has 1 N–H and O–H groups in total. The van der Waals surface area contributed by atoms with Gasteiger partial charge in [0.05, 0.1) is 19.6 Å². The normalized spacial score (nSPS) is 36.0. The fraction of sp³-hybridized carbons (Fsp3) is 1.00. The lowest BCUT2D eigenvalue weighted by Gasteiger charge is -2.11. The maximum Gasteiger partial charge on any atom is 0.127 e.